The van der Waals surface area contributed by atoms with Crippen LogP contribution in [-0.4, -0.2) is 60.3 Å². The molecule has 10 heteroatoms. The van der Waals surface area contributed by atoms with Crippen LogP contribution >= 0.6 is 11.8 Å². The summed E-state index contributed by atoms with van der Waals surface area (Å²) in [7, 11) is 0. The maximum atomic E-state index is 11.8. The Morgan fingerprint density at radius 2 is 1.32 bits per heavy atom. The molecule has 0 spiro atoms. The third-order valence-electron chi connectivity index (χ3n) is 4.22. The van der Waals surface area contributed by atoms with E-state index in [0.717, 1.165) is 10.5 Å². The zero-order valence-corrected chi connectivity index (χ0v) is 18.8. The standard InChI is InChI=1S/C21H26O9S/c1-11-6-8-16(9-7-11)31-21-20(29-15(5)25)19(28-14(4)24)18(27-13(3)23)17(30-21)10-26-12(2)22/h6-9,17-21H,10H2,1-5H3/t17-,18-,19+,20-,21+/m1/s1. The Morgan fingerprint density at radius 3 is 1.84 bits per heavy atom. The zero-order valence-electron chi connectivity index (χ0n) is 18.0. The molecule has 170 valence electrons. The van der Waals surface area contributed by atoms with Gasteiger partial charge in [0.1, 0.15) is 18.1 Å². The molecule has 1 aliphatic rings. The third-order valence-corrected chi connectivity index (χ3v) is 5.38. The van der Waals surface area contributed by atoms with E-state index in [1.165, 1.54) is 39.5 Å². The lowest BCUT2D eigenvalue weighted by Crippen LogP contribution is -2.61. The van der Waals surface area contributed by atoms with Crippen molar-refractivity contribution in [1.29, 1.82) is 0 Å². The fraction of sp³-hybridized carbons (Fsp3) is 0.524. The van der Waals surface area contributed by atoms with Gasteiger partial charge in [-0.1, -0.05) is 29.5 Å². The number of carbonyl (C=O) groups is 4. The van der Waals surface area contributed by atoms with E-state index in [-0.39, 0.29) is 6.61 Å². The first-order valence-corrected chi connectivity index (χ1v) is 10.5. The molecule has 31 heavy (non-hydrogen) atoms. The number of aryl methyl sites for hydroxylation is 1. The van der Waals surface area contributed by atoms with Gasteiger partial charge >= 0.3 is 23.9 Å². The minimum absolute atomic E-state index is 0.247. The molecule has 0 saturated carbocycles. The second-order valence-electron chi connectivity index (χ2n) is 7.00. The molecule has 0 radical (unpaired) electrons. The number of rotatable bonds is 7. The van der Waals surface area contributed by atoms with E-state index in [2.05, 4.69) is 0 Å². The van der Waals surface area contributed by atoms with Crippen LogP contribution in [0.4, 0.5) is 0 Å². The third kappa shape index (κ3) is 7.55. The molecule has 1 aromatic rings. The van der Waals surface area contributed by atoms with Crippen LogP contribution in [0.1, 0.15) is 33.3 Å². The van der Waals surface area contributed by atoms with Gasteiger partial charge in [0, 0.05) is 32.6 Å². The number of carbonyl (C=O) groups excluding carboxylic acids is 4. The lowest BCUT2D eigenvalue weighted by molar-refractivity contribution is -0.237. The van der Waals surface area contributed by atoms with Crippen LogP contribution in [0, 0.1) is 6.92 Å². The van der Waals surface area contributed by atoms with Crippen LogP contribution < -0.4 is 0 Å². The first-order valence-electron chi connectivity index (χ1n) is 9.60. The average molecular weight is 454 g/mol. The monoisotopic (exact) mass is 454 g/mol. The van der Waals surface area contributed by atoms with E-state index in [1.807, 2.05) is 31.2 Å². The highest BCUT2D eigenvalue weighted by atomic mass is 32.2. The van der Waals surface area contributed by atoms with Crippen LogP contribution in [0.5, 0.6) is 0 Å². The lowest BCUT2D eigenvalue weighted by Gasteiger charge is -2.44. The molecule has 1 aliphatic heterocycles. The molecule has 0 amide bonds. The quantitative estimate of drug-likeness (QED) is 0.448. The maximum Gasteiger partial charge on any atom is 0.303 e. The predicted octanol–water partition coefficient (Wildman–Crippen LogP) is 2.17. The number of esters is 4. The minimum Gasteiger partial charge on any atom is -0.463 e. The van der Waals surface area contributed by atoms with Crippen LogP contribution in [0.15, 0.2) is 29.2 Å². The normalized spacial score (nSPS) is 25.3. The van der Waals surface area contributed by atoms with Crippen molar-refractivity contribution in [2.24, 2.45) is 0 Å². The van der Waals surface area contributed by atoms with Crippen LogP contribution in [0.3, 0.4) is 0 Å². The predicted molar refractivity (Wildman–Crippen MR) is 109 cm³/mol. The van der Waals surface area contributed by atoms with E-state index < -0.39 is 53.7 Å². The highest BCUT2D eigenvalue weighted by Crippen LogP contribution is 2.37. The molecule has 2 rings (SSSR count). The van der Waals surface area contributed by atoms with Gasteiger partial charge in [-0.05, 0) is 19.1 Å². The summed E-state index contributed by atoms with van der Waals surface area (Å²) in [6, 6.07) is 7.56. The fourth-order valence-corrected chi connectivity index (χ4v) is 4.14. The van der Waals surface area contributed by atoms with Gasteiger partial charge in [0.05, 0.1) is 0 Å². The van der Waals surface area contributed by atoms with Crippen molar-refractivity contribution in [3.8, 4) is 0 Å². The SMILES string of the molecule is CC(=O)OC[C@H]1O[C@@H](Sc2ccc(C)cc2)[C@H](OC(C)=O)[C@@H](OC(C)=O)[C@@H]1OC(C)=O. The Labute approximate surface area is 184 Å². The summed E-state index contributed by atoms with van der Waals surface area (Å²) >= 11 is 1.24. The summed E-state index contributed by atoms with van der Waals surface area (Å²) in [6.07, 6.45) is -4.35. The second kappa shape index (κ2) is 11.1. The van der Waals surface area contributed by atoms with Gasteiger partial charge in [-0.2, -0.15) is 0 Å². The van der Waals surface area contributed by atoms with Gasteiger partial charge in [-0.25, -0.2) is 0 Å². The summed E-state index contributed by atoms with van der Waals surface area (Å²) in [6.45, 7) is 6.51. The number of hydrogen-bond acceptors (Lipinski definition) is 10. The van der Waals surface area contributed by atoms with Gasteiger partial charge in [0.15, 0.2) is 18.3 Å². The Balaban J connectivity index is 2.43. The Morgan fingerprint density at radius 1 is 0.806 bits per heavy atom. The summed E-state index contributed by atoms with van der Waals surface area (Å²) in [5.74, 6) is -2.50. The number of hydrogen-bond donors (Lipinski definition) is 0. The van der Waals surface area contributed by atoms with Gasteiger partial charge in [0.2, 0.25) is 0 Å². The van der Waals surface area contributed by atoms with Gasteiger partial charge in [-0.3, -0.25) is 19.2 Å². The van der Waals surface area contributed by atoms with E-state index in [0.29, 0.717) is 0 Å². The largest absolute Gasteiger partial charge is 0.463 e. The first kappa shape index (κ1) is 24.7. The van der Waals surface area contributed by atoms with Crippen LogP contribution in [0.2, 0.25) is 0 Å². The molecule has 0 aliphatic carbocycles. The van der Waals surface area contributed by atoms with Crippen molar-refractivity contribution in [1.82, 2.24) is 0 Å². The minimum atomic E-state index is -1.16. The van der Waals surface area contributed by atoms with E-state index in [4.69, 9.17) is 23.7 Å². The highest BCUT2D eigenvalue weighted by Gasteiger charge is 2.52. The molecule has 0 unspecified atom stereocenters. The van der Waals surface area contributed by atoms with Gasteiger partial charge < -0.3 is 23.7 Å². The van der Waals surface area contributed by atoms with Crippen molar-refractivity contribution < 1.29 is 42.9 Å². The highest BCUT2D eigenvalue weighted by molar-refractivity contribution is 7.99. The molecule has 0 bridgehead atoms. The molecule has 1 saturated heterocycles. The molecule has 1 fully saturated rings. The summed E-state index contributed by atoms with van der Waals surface area (Å²) < 4.78 is 27.3. The average Bonchev–Trinajstić information content (AvgIpc) is 2.65. The van der Waals surface area contributed by atoms with Crippen molar-refractivity contribution in [3.05, 3.63) is 29.8 Å². The zero-order chi connectivity index (χ0) is 23.1. The van der Waals surface area contributed by atoms with Gasteiger partial charge in [0.25, 0.3) is 0 Å². The van der Waals surface area contributed by atoms with Crippen LogP contribution in [-0.2, 0) is 42.9 Å². The topological polar surface area (TPSA) is 114 Å². The smallest absolute Gasteiger partial charge is 0.303 e. The molecule has 0 N–H and O–H groups in total. The summed E-state index contributed by atoms with van der Waals surface area (Å²) in [4.78, 5) is 47.5. The second-order valence-corrected chi connectivity index (χ2v) is 8.17. The van der Waals surface area contributed by atoms with Crippen molar-refractivity contribution >= 4 is 35.6 Å². The van der Waals surface area contributed by atoms with Gasteiger partial charge in [-0.15, -0.1) is 0 Å². The lowest BCUT2D eigenvalue weighted by atomic mass is 9.99. The maximum absolute atomic E-state index is 11.8. The molecule has 5 atom stereocenters. The Bertz CT molecular complexity index is 808. The Kier molecular flexibility index (Phi) is 8.88. The Hall–Kier alpha value is -2.59. The number of thioether (sulfide) groups is 1. The molecular weight excluding hydrogens is 428 g/mol. The van der Waals surface area contributed by atoms with Crippen LogP contribution in [0.25, 0.3) is 0 Å². The fourth-order valence-electron chi connectivity index (χ4n) is 3.03. The molecule has 1 heterocycles. The van der Waals surface area contributed by atoms with E-state index in [9.17, 15) is 19.2 Å². The first-order chi connectivity index (χ1) is 14.6. The van der Waals surface area contributed by atoms with Crippen molar-refractivity contribution in [3.63, 3.8) is 0 Å². The summed E-state index contributed by atoms with van der Waals surface area (Å²) in [5, 5.41) is 0. The van der Waals surface area contributed by atoms with Crippen molar-refractivity contribution in [2.45, 2.75) is 69.4 Å². The number of ether oxygens (including phenoxy) is 5. The van der Waals surface area contributed by atoms with E-state index in [1.54, 1.807) is 0 Å². The van der Waals surface area contributed by atoms with Crippen molar-refractivity contribution in [2.75, 3.05) is 6.61 Å². The van der Waals surface area contributed by atoms with E-state index >= 15 is 0 Å². The number of benzene rings is 1. The molecular formula is C21H26O9S. The molecule has 1 aromatic carbocycles. The summed E-state index contributed by atoms with van der Waals surface area (Å²) in [5.41, 5.74) is 0.231. The molecule has 0 aromatic heterocycles. The molecule has 9 nitrogen and oxygen atoms in total.